The number of nitrogens with zero attached hydrogens (tertiary/aromatic N) is 3. The zero-order valence-electron chi connectivity index (χ0n) is 25.3. The molecule has 2 aromatic carbocycles. The Balaban J connectivity index is 1.29. The predicted molar refractivity (Wildman–Crippen MR) is 165 cm³/mol. The Morgan fingerprint density at radius 3 is 2.51 bits per heavy atom. The van der Waals surface area contributed by atoms with E-state index in [2.05, 4.69) is 0 Å². The lowest BCUT2D eigenvalue weighted by Gasteiger charge is -2.31. The van der Waals surface area contributed by atoms with Gasteiger partial charge in [0.15, 0.2) is 5.60 Å². The van der Waals surface area contributed by atoms with Crippen LogP contribution in [0.2, 0.25) is 18.6 Å². The molecular formula is C33H42FN3O5Si. The smallest absolute Gasteiger partial charge is 0.264 e. The molecule has 0 saturated carbocycles. The first-order valence-electron chi connectivity index (χ1n) is 15.6. The van der Waals surface area contributed by atoms with Crippen molar-refractivity contribution < 1.29 is 28.3 Å². The fourth-order valence-corrected chi connectivity index (χ4v) is 10.5. The Bertz CT molecular complexity index is 1400. The van der Waals surface area contributed by atoms with E-state index in [0.717, 1.165) is 48.2 Å². The number of para-hydroxylation sites is 1. The largest absolute Gasteiger partial charge is 0.394 e. The van der Waals surface area contributed by atoms with Crippen molar-refractivity contribution in [3.05, 3.63) is 59.7 Å². The molecule has 0 unspecified atom stereocenters. The van der Waals surface area contributed by atoms with E-state index in [4.69, 9.17) is 4.74 Å². The standard InChI is InChI=1S/C33H42FN3O5Si/c1-22-31(43(2,3)34)28(19-30(40)36-18-8-9-25(36)21-38)42-33(22)26-10-4-5-11-27(26)37(32(33)41)20-23-13-15-24(16-14-23)35-17-7-6-12-29(35)39/h4-5,10-11,13-16,22,25,28,31,38H,6-9,12,17-21H2,1-3H3/t22-,25+,28+,31-,33+/m1/s1. The van der Waals surface area contributed by atoms with Crippen LogP contribution >= 0.6 is 0 Å². The van der Waals surface area contributed by atoms with Gasteiger partial charge in [-0.05, 0) is 62.5 Å². The fraction of sp³-hybridized carbons (Fsp3) is 0.545. The molecule has 0 radical (unpaired) electrons. The Labute approximate surface area is 254 Å². The van der Waals surface area contributed by atoms with Crippen LogP contribution in [-0.2, 0) is 31.3 Å². The molecule has 8 nitrogen and oxygen atoms in total. The first-order chi connectivity index (χ1) is 20.6. The second-order valence-corrected chi connectivity index (χ2v) is 16.9. The van der Waals surface area contributed by atoms with Crippen molar-refractivity contribution in [1.82, 2.24) is 4.90 Å². The minimum atomic E-state index is -3.40. The lowest BCUT2D eigenvalue weighted by atomic mass is 9.82. The Morgan fingerprint density at radius 2 is 1.81 bits per heavy atom. The van der Waals surface area contributed by atoms with Crippen LogP contribution in [0.25, 0.3) is 0 Å². The van der Waals surface area contributed by atoms with Gasteiger partial charge < -0.3 is 28.7 Å². The number of hydrogen-bond acceptors (Lipinski definition) is 5. The average molecular weight is 608 g/mol. The van der Waals surface area contributed by atoms with Crippen LogP contribution in [0.3, 0.4) is 0 Å². The summed E-state index contributed by atoms with van der Waals surface area (Å²) in [6.07, 6.45) is 3.28. The van der Waals surface area contributed by atoms with Gasteiger partial charge in [-0.1, -0.05) is 37.3 Å². The fourth-order valence-electron chi connectivity index (χ4n) is 8.04. The first kappa shape index (κ1) is 30.0. The van der Waals surface area contributed by atoms with Crippen LogP contribution in [-0.4, -0.2) is 68.0 Å². The summed E-state index contributed by atoms with van der Waals surface area (Å²) in [5, 5.41) is 9.78. The van der Waals surface area contributed by atoms with E-state index in [1.165, 1.54) is 0 Å². The number of rotatable bonds is 7. The van der Waals surface area contributed by atoms with Crippen molar-refractivity contribution in [2.45, 2.75) is 88.4 Å². The third kappa shape index (κ3) is 5.11. The normalized spacial score (nSPS) is 29.2. The van der Waals surface area contributed by atoms with Gasteiger partial charge in [0.25, 0.3) is 5.91 Å². The molecule has 0 aromatic heterocycles. The highest BCUT2D eigenvalue weighted by atomic mass is 28.4. The molecule has 4 heterocycles. The Kier molecular flexibility index (Phi) is 7.98. The van der Waals surface area contributed by atoms with Gasteiger partial charge in [-0.3, -0.25) is 14.4 Å². The van der Waals surface area contributed by atoms with Gasteiger partial charge in [0, 0.05) is 42.2 Å². The number of carbonyl (C=O) groups is 3. The number of likely N-dealkylation sites (tertiary alicyclic amines) is 1. The zero-order valence-corrected chi connectivity index (χ0v) is 26.3. The number of amides is 3. The second kappa shape index (κ2) is 11.4. The van der Waals surface area contributed by atoms with Crippen LogP contribution in [0, 0.1) is 5.92 Å². The monoisotopic (exact) mass is 607 g/mol. The van der Waals surface area contributed by atoms with Gasteiger partial charge in [0.2, 0.25) is 20.2 Å². The summed E-state index contributed by atoms with van der Waals surface area (Å²) in [6, 6.07) is 15.1. The van der Waals surface area contributed by atoms with Crippen molar-refractivity contribution in [3.8, 4) is 0 Å². The van der Waals surface area contributed by atoms with Crippen molar-refractivity contribution in [2.24, 2.45) is 5.92 Å². The molecular weight excluding hydrogens is 565 g/mol. The maximum absolute atomic E-state index is 16.1. The molecule has 4 aliphatic heterocycles. The number of aliphatic hydroxyl groups is 1. The summed E-state index contributed by atoms with van der Waals surface area (Å²) in [5.41, 5.74) is 1.27. The quantitative estimate of drug-likeness (QED) is 0.357. The molecule has 43 heavy (non-hydrogen) atoms. The van der Waals surface area contributed by atoms with E-state index < -0.39 is 31.6 Å². The van der Waals surface area contributed by atoms with Gasteiger partial charge in [0.1, 0.15) is 0 Å². The van der Waals surface area contributed by atoms with Crippen molar-refractivity contribution in [3.63, 3.8) is 0 Å². The molecule has 0 bridgehead atoms. The second-order valence-electron chi connectivity index (χ2n) is 13.1. The predicted octanol–water partition coefficient (Wildman–Crippen LogP) is 4.90. The van der Waals surface area contributed by atoms with E-state index >= 15 is 4.11 Å². The molecule has 5 atom stereocenters. The summed E-state index contributed by atoms with van der Waals surface area (Å²) in [7, 11) is -3.40. The Morgan fingerprint density at radius 1 is 1.07 bits per heavy atom. The van der Waals surface area contributed by atoms with Gasteiger partial charge in [-0.2, -0.15) is 0 Å². The highest BCUT2D eigenvalue weighted by Gasteiger charge is 2.67. The maximum Gasteiger partial charge on any atom is 0.264 e. The maximum atomic E-state index is 16.1. The zero-order chi connectivity index (χ0) is 30.5. The molecule has 2 aromatic rings. The third-order valence-electron chi connectivity index (χ3n) is 10.1. The van der Waals surface area contributed by atoms with Crippen molar-refractivity contribution in [1.29, 1.82) is 0 Å². The number of carbonyl (C=O) groups excluding carboxylic acids is 3. The number of fused-ring (bicyclic) bond motifs is 2. The molecule has 230 valence electrons. The topological polar surface area (TPSA) is 90.4 Å². The molecule has 10 heteroatoms. The summed E-state index contributed by atoms with van der Waals surface area (Å²) >= 11 is 0. The van der Waals surface area contributed by atoms with Gasteiger partial charge in [0.05, 0.1) is 37.4 Å². The number of ether oxygens (including phenoxy) is 1. The van der Waals surface area contributed by atoms with Gasteiger partial charge >= 0.3 is 0 Å². The summed E-state index contributed by atoms with van der Waals surface area (Å²) in [6.45, 7) is 6.66. The molecule has 0 aliphatic carbocycles. The van der Waals surface area contributed by atoms with E-state index in [1.807, 2.05) is 60.4 Å². The molecule has 1 N–H and O–H groups in total. The number of aliphatic hydroxyl groups excluding tert-OH is 1. The Hall–Kier alpha value is -3.08. The lowest BCUT2D eigenvalue weighted by molar-refractivity contribution is -0.150. The molecule has 3 saturated heterocycles. The molecule has 6 rings (SSSR count). The van der Waals surface area contributed by atoms with Crippen LogP contribution in [0.1, 0.15) is 56.6 Å². The number of halogens is 1. The van der Waals surface area contributed by atoms with E-state index in [9.17, 15) is 19.5 Å². The summed E-state index contributed by atoms with van der Waals surface area (Å²) in [5.74, 6) is -0.730. The molecule has 4 aliphatic rings. The highest BCUT2D eigenvalue weighted by molar-refractivity contribution is 6.72. The molecule has 3 fully saturated rings. The van der Waals surface area contributed by atoms with Crippen molar-refractivity contribution >= 4 is 37.5 Å². The average Bonchev–Trinajstić information content (AvgIpc) is 3.64. The van der Waals surface area contributed by atoms with Gasteiger partial charge in [-0.25, -0.2) is 0 Å². The van der Waals surface area contributed by atoms with E-state index in [0.29, 0.717) is 26.1 Å². The minimum absolute atomic E-state index is 0.0142. The van der Waals surface area contributed by atoms with Crippen LogP contribution in [0.5, 0.6) is 0 Å². The summed E-state index contributed by atoms with van der Waals surface area (Å²) < 4.78 is 22.8. The number of piperidine rings is 1. The lowest BCUT2D eigenvalue weighted by Crippen LogP contribution is -2.45. The third-order valence-corrected chi connectivity index (χ3v) is 12.5. The van der Waals surface area contributed by atoms with Crippen molar-refractivity contribution in [2.75, 3.05) is 29.5 Å². The SMILES string of the molecule is C[C@@H]1[C@@H]([Si](C)(C)F)[C@H](CC(=O)N2CCC[C@H]2CO)O[C@@]12C(=O)N(Cc1ccc(N3CCCCC3=O)cc1)c1ccccc12. The molecule has 1 spiro atoms. The summed E-state index contributed by atoms with van der Waals surface area (Å²) in [4.78, 5) is 45.6. The molecule has 3 amide bonds. The van der Waals surface area contributed by atoms with Crippen LogP contribution in [0.15, 0.2) is 48.5 Å². The van der Waals surface area contributed by atoms with Crippen LogP contribution < -0.4 is 9.80 Å². The first-order valence-corrected chi connectivity index (χ1v) is 18.6. The van der Waals surface area contributed by atoms with E-state index in [1.54, 1.807) is 22.9 Å². The van der Waals surface area contributed by atoms with Crippen LogP contribution in [0.4, 0.5) is 15.5 Å². The number of hydrogen-bond donors (Lipinski definition) is 1. The number of benzene rings is 2. The van der Waals surface area contributed by atoms with Gasteiger partial charge in [-0.15, -0.1) is 0 Å². The number of anilines is 2. The minimum Gasteiger partial charge on any atom is -0.394 e. The highest BCUT2D eigenvalue weighted by Crippen LogP contribution is 2.60. The van der Waals surface area contributed by atoms with E-state index in [-0.39, 0.29) is 36.8 Å².